The van der Waals surface area contributed by atoms with Crippen LogP contribution in [0.25, 0.3) is 0 Å². The second kappa shape index (κ2) is 4.36. The number of benzene rings is 1. The van der Waals surface area contributed by atoms with Crippen LogP contribution in [0.2, 0.25) is 10.0 Å². The lowest BCUT2D eigenvalue weighted by molar-refractivity contribution is 0.386. The molecule has 1 N–H and O–H groups in total. The van der Waals surface area contributed by atoms with E-state index >= 15 is 0 Å². The Bertz CT molecular complexity index is 572. The minimum Gasteiger partial charge on any atom is -0.339 e. The molecule has 0 fully saturated rings. The standard InChI is InChI=1S/C11H9Cl2NO2/c1-6-8(11(15)16-14-6)4-7-2-3-9(12)10(13)5-7/h2-3,5,14H,4H2,1H3. The Morgan fingerprint density at radius 1 is 1.31 bits per heavy atom. The molecule has 2 rings (SSSR count). The number of hydrogen-bond acceptors (Lipinski definition) is 2. The predicted octanol–water partition coefficient (Wildman–Crippen LogP) is 3.17. The second-order valence-electron chi connectivity index (χ2n) is 3.52. The number of H-pyrrole nitrogens is 1. The smallest absolute Gasteiger partial charge is 0.339 e. The molecule has 0 saturated heterocycles. The zero-order valence-corrected chi connectivity index (χ0v) is 10.0. The molecular weight excluding hydrogens is 249 g/mol. The van der Waals surface area contributed by atoms with E-state index in [1.807, 2.05) is 6.07 Å². The van der Waals surface area contributed by atoms with Crippen molar-refractivity contribution in [2.75, 3.05) is 0 Å². The van der Waals surface area contributed by atoms with Crippen molar-refractivity contribution in [2.45, 2.75) is 13.3 Å². The normalized spacial score (nSPS) is 10.7. The molecule has 0 unspecified atom stereocenters. The Hall–Kier alpha value is -1.19. The molecule has 0 aliphatic heterocycles. The summed E-state index contributed by atoms with van der Waals surface area (Å²) in [6, 6.07) is 5.29. The highest BCUT2D eigenvalue weighted by Gasteiger charge is 2.09. The summed E-state index contributed by atoms with van der Waals surface area (Å²) in [5, 5.41) is 3.52. The van der Waals surface area contributed by atoms with Gasteiger partial charge < -0.3 is 4.52 Å². The molecule has 16 heavy (non-hydrogen) atoms. The first-order valence-corrected chi connectivity index (χ1v) is 5.44. The molecule has 1 aromatic carbocycles. The Morgan fingerprint density at radius 3 is 2.62 bits per heavy atom. The molecular formula is C11H9Cl2NO2. The summed E-state index contributed by atoms with van der Waals surface area (Å²) in [6.45, 7) is 1.79. The molecule has 0 saturated carbocycles. The van der Waals surface area contributed by atoms with Gasteiger partial charge >= 0.3 is 5.63 Å². The SMILES string of the molecule is Cc1[nH]oc(=O)c1Cc1ccc(Cl)c(Cl)c1. The van der Waals surface area contributed by atoms with E-state index in [0.29, 0.717) is 22.0 Å². The van der Waals surface area contributed by atoms with Crippen LogP contribution in [0.5, 0.6) is 0 Å². The van der Waals surface area contributed by atoms with Gasteiger partial charge in [-0.3, -0.25) is 0 Å². The Morgan fingerprint density at radius 2 is 2.06 bits per heavy atom. The van der Waals surface area contributed by atoms with Crippen molar-refractivity contribution in [3.63, 3.8) is 0 Å². The van der Waals surface area contributed by atoms with Crippen LogP contribution in [0, 0.1) is 6.92 Å². The van der Waals surface area contributed by atoms with Crippen molar-refractivity contribution in [2.24, 2.45) is 0 Å². The van der Waals surface area contributed by atoms with E-state index < -0.39 is 0 Å². The van der Waals surface area contributed by atoms with Crippen molar-refractivity contribution in [1.29, 1.82) is 0 Å². The van der Waals surface area contributed by atoms with Crippen molar-refractivity contribution in [3.05, 3.63) is 55.5 Å². The predicted molar refractivity (Wildman–Crippen MR) is 63.3 cm³/mol. The largest absolute Gasteiger partial charge is 0.360 e. The number of nitrogens with one attached hydrogen (secondary N) is 1. The van der Waals surface area contributed by atoms with E-state index in [1.165, 1.54) is 0 Å². The number of aromatic nitrogens is 1. The van der Waals surface area contributed by atoms with Gasteiger partial charge in [0.05, 0.1) is 21.3 Å². The molecule has 0 radical (unpaired) electrons. The topological polar surface area (TPSA) is 46.0 Å². The number of aromatic amines is 1. The van der Waals surface area contributed by atoms with E-state index in [2.05, 4.69) is 9.68 Å². The highest BCUT2D eigenvalue weighted by Crippen LogP contribution is 2.23. The average molecular weight is 258 g/mol. The first-order chi connectivity index (χ1) is 7.58. The summed E-state index contributed by atoms with van der Waals surface area (Å²) in [5.41, 5.74) is 1.92. The van der Waals surface area contributed by atoms with Crippen LogP contribution in [-0.4, -0.2) is 5.16 Å². The van der Waals surface area contributed by atoms with Gasteiger partial charge in [0.1, 0.15) is 0 Å². The van der Waals surface area contributed by atoms with E-state index in [4.69, 9.17) is 23.2 Å². The Kier molecular flexibility index (Phi) is 3.08. The number of hydrogen-bond donors (Lipinski definition) is 1. The highest BCUT2D eigenvalue weighted by molar-refractivity contribution is 6.42. The van der Waals surface area contributed by atoms with E-state index in [0.717, 1.165) is 11.3 Å². The van der Waals surface area contributed by atoms with Crippen LogP contribution in [0.4, 0.5) is 0 Å². The van der Waals surface area contributed by atoms with Crippen LogP contribution < -0.4 is 5.63 Å². The van der Waals surface area contributed by atoms with Gasteiger partial charge in [0.2, 0.25) is 0 Å². The third-order valence-electron chi connectivity index (χ3n) is 2.36. The van der Waals surface area contributed by atoms with E-state index in [-0.39, 0.29) is 5.63 Å². The molecule has 1 aromatic heterocycles. The van der Waals surface area contributed by atoms with E-state index in [1.54, 1.807) is 19.1 Å². The van der Waals surface area contributed by atoms with Crippen LogP contribution in [0.3, 0.4) is 0 Å². The molecule has 0 amide bonds. The summed E-state index contributed by atoms with van der Waals surface area (Å²) in [5.74, 6) is 0. The molecule has 0 atom stereocenters. The summed E-state index contributed by atoms with van der Waals surface area (Å²) < 4.78 is 4.68. The molecule has 0 aliphatic rings. The third-order valence-corrected chi connectivity index (χ3v) is 3.10. The molecule has 1 heterocycles. The van der Waals surface area contributed by atoms with Gasteiger partial charge in [-0.1, -0.05) is 29.3 Å². The summed E-state index contributed by atoms with van der Waals surface area (Å²) in [4.78, 5) is 11.3. The van der Waals surface area contributed by atoms with Gasteiger partial charge in [0, 0.05) is 6.42 Å². The van der Waals surface area contributed by atoms with E-state index in [9.17, 15) is 4.79 Å². The number of halogens is 2. The monoisotopic (exact) mass is 257 g/mol. The van der Waals surface area contributed by atoms with Crippen molar-refractivity contribution >= 4 is 23.2 Å². The third kappa shape index (κ3) is 2.15. The average Bonchev–Trinajstić information content (AvgIpc) is 2.55. The zero-order valence-electron chi connectivity index (χ0n) is 8.51. The van der Waals surface area contributed by atoms with Gasteiger partial charge in [-0.05, 0) is 24.6 Å². The number of aryl methyl sites for hydroxylation is 1. The van der Waals surface area contributed by atoms with Gasteiger partial charge in [-0.15, -0.1) is 0 Å². The fourth-order valence-corrected chi connectivity index (χ4v) is 1.78. The molecule has 5 heteroatoms. The Balaban J connectivity index is 2.34. The first-order valence-electron chi connectivity index (χ1n) is 4.69. The van der Waals surface area contributed by atoms with Gasteiger partial charge in [0.25, 0.3) is 0 Å². The lowest BCUT2D eigenvalue weighted by Crippen LogP contribution is -2.03. The van der Waals surface area contributed by atoms with Crippen LogP contribution in [0.1, 0.15) is 16.8 Å². The maximum absolute atomic E-state index is 11.3. The first kappa shape index (κ1) is 11.3. The highest BCUT2D eigenvalue weighted by atomic mass is 35.5. The minimum absolute atomic E-state index is 0.344. The number of rotatable bonds is 2. The minimum atomic E-state index is -0.344. The molecule has 2 aromatic rings. The van der Waals surface area contributed by atoms with Gasteiger partial charge in [-0.2, -0.15) is 0 Å². The molecule has 0 bridgehead atoms. The summed E-state index contributed by atoms with van der Waals surface area (Å²) in [7, 11) is 0. The Labute approximate surface area is 102 Å². The van der Waals surface area contributed by atoms with Crippen molar-refractivity contribution in [1.82, 2.24) is 5.16 Å². The van der Waals surface area contributed by atoms with Crippen molar-refractivity contribution in [3.8, 4) is 0 Å². The maximum Gasteiger partial charge on any atom is 0.360 e. The molecule has 0 spiro atoms. The van der Waals surface area contributed by atoms with Crippen LogP contribution in [-0.2, 0) is 6.42 Å². The lowest BCUT2D eigenvalue weighted by Gasteiger charge is -2.01. The summed E-state index contributed by atoms with van der Waals surface area (Å²) in [6.07, 6.45) is 0.481. The molecule has 84 valence electrons. The van der Waals surface area contributed by atoms with Crippen molar-refractivity contribution < 1.29 is 4.52 Å². The van der Waals surface area contributed by atoms with Crippen LogP contribution >= 0.6 is 23.2 Å². The lowest BCUT2D eigenvalue weighted by atomic mass is 10.1. The fraction of sp³-hybridized carbons (Fsp3) is 0.182. The van der Waals surface area contributed by atoms with Gasteiger partial charge in [-0.25, -0.2) is 9.95 Å². The van der Waals surface area contributed by atoms with Crippen LogP contribution in [0.15, 0.2) is 27.5 Å². The van der Waals surface area contributed by atoms with Gasteiger partial charge in [0.15, 0.2) is 0 Å². The fourth-order valence-electron chi connectivity index (χ4n) is 1.46. The summed E-state index contributed by atoms with van der Waals surface area (Å²) >= 11 is 11.7. The second-order valence-corrected chi connectivity index (χ2v) is 4.33. The molecule has 0 aliphatic carbocycles. The molecule has 3 nitrogen and oxygen atoms in total. The zero-order chi connectivity index (χ0) is 11.7. The quantitative estimate of drug-likeness (QED) is 0.899. The maximum atomic E-state index is 11.3.